The Balaban J connectivity index is 1.37. The van der Waals surface area contributed by atoms with Gasteiger partial charge in [0.05, 0.1) is 40.5 Å². The van der Waals surface area contributed by atoms with Crippen LogP contribution in [0.3, 0.4) is 0 Å². The van der Waals surface area contributed by atoms with Gasteiger partial charge in [-0.2, -0.15) is 5.10 Å². The molecule has 1 amide bonds. The highest BCUT2D eigenvalue weighted by Gasteiger charge is 2.16. The first-order valence-electron chi connectivity index (χ1n) is 11.8. The van der Waals surface area contributed by atoms with Gasteiger partial charge in [-0.3, -0.25) is 19.9 Å². The van der Waals surface area contributed by atoms with Crippen LogP contribution in [-0.2, 0) is 4.79 Å². The molecule has 0 saturated carbocycles. The number of H-pyrrole nitrogens is 2. The van der Waals surface area contributed by atoms with E-state index < -0.39 is 0 Å². The normalized spacial score (nSPS) is 11.4. The first-order chi connectivity index (χ1) is 17.7. The van der Waals surface area contributed by atoms with Crippen molar-refractivity contribution in [3.63, 3.8) is 0 Å². The summed E-state index contributed by atoms with van der Waals surface area (Å²) < 4.78 is 0. The highest BCUT2D eigenvalue weighted by atomic mass is 32.1. The number of rotatable bonds is 7. The van der Waals surface area contributed by atoms with Crippen LogP contribution in [0.5, 0.6) is 0 Å². The standard InChI is InChI=1S/C27H23N7OS/c1-2-3-6-25(35)30-17-10-16(12-28-13-17)20-7-8-21-26(32-20)27(34-33-21)22-11-18-19(24-5-4-9-36-24)14-29-15-23(18)31-22/h4-5,7-15,31H,2-3,6H2,1H3,(H,30,35)(H,33,34). The quantitative estimate of drug-likeness (QED) is 0.237. The van der Waals surface area contributed by atoms with Crippen LogP contribution in [0.15, 0.2) is 66.6 Å². The fraction of sp³-hybridized carbons (Fsp3) is 0.148. The molecule has 0 radical (unpaired) electrons. The van der Waals surface area contributed by atoms with E-state index in [1.807, 2.05) is 36.7 Å². The number of nitrogens with one attached hydrogen (secondary N) is 3. The van der Waals surface area contributed by atoms with Crippen LogP contribution < -0.4 is 5.32 Å². The molecular weight excluding hydrogens is 470 g/mol. The number of pyridine rings is 3. The van der Waals surface area contributed by atoms with Gasteiger partial charge in [-0.25, -0.2) is 4.98 Å². The number of carbonyl (C=O) groups excluding carboxylic acids is 1. The molecule has 6 rings (SSSR count). The van der Waals surface area contributed by atoms with Crippen molar-refractivity contribution in [3.05, 3.63) is 66.6 Å². The Morgan fingerprint density at radius 3 is 2.83 bits per heavy atom. The fourth-order valence-electron chi connectivity index (χ4n) is 4.26. The molecule has 0 aliphatic heterocycles. The predicted octanol–water partition coefficient (Wildman–Crippen LogP) is 6.42. The number of nitrogens with zero attached hydrogens (tertiary/aromatic N) is 4. The van der Waals surface area contributed by atoms with Crippen LogP contribution in [0, 0.1) is 0 Å². The first-order valence-corrected chi connectivity index (χ1v) is 12.7. The van der Waals surface area contributed by atoms with Crippen molar-refractivity contribution in [3.8, 4) is 33.1 Å². The van der Waals surface area contributed by atoms with E-state index in [4.69, 9.17) is 4.98 Å². The average Bonchev–Trinajstić information content (AvgIpc) is 3.66. The van der Waals surface area contributed by atoms with E-state index in [2.05, 4.69) is 54.9 Å². The van der Waals surface area contributed by atoms with Crippen molar-refractivity contribution in [2.45, 2.75) is 26.2 Å². The molecule has 0 saturated heterocycles. The summed E-state index contributed by atoms with van der Waals surface area (Å²) in [7, 11) is 0. The summed E-state index contributed by atoms with van der Waals surface area (Å²) >= 11 is 1.69. The molecule has 0 unspecified atom stereocenters. The number of aromatic nitrogens is 6. The van der Waals surface area contributed by atoms with Crippen molar-refractivity contribution in [1.82, 2.24) is 30.1 Å². The maximum atomic E-state index is 12.2. The number of aromatic amines is 2. The molecule has 0 spiro atoms. The van der Waals surface area contributed by atoms with E-state index >= 15 is 0 Å². The summed E-state index contributed by atoms with van der Waals surface area (Å²) in [5.74, 6) is -0.00782. The number of thiophene rings is 1. The molecule has 0 fully saturated rings. The van der Waals surface area contributed by atoms with E-state index in [9.17, 15) is 4.79 Å². The second kappa shape index (κ2) is 9.35. The third kappa shape index (κ3) is 4.14. The van der Waals surface area contributed by atoms with Gasteiger partial charge in [0, 0.05) is 40.2 Å². The minimum atomic E-state index is -0.00782. The summed E-state index contributed by atoms with van der Waals surface area (Å²) in [5, 5.41) is 13.7. The third-order valence-corrected chi connectivity index (χ3v) is 6.97. The molecule has 3 N–H and O–H groups in total. The maximum Gasteiger partial charge on any atom is 0.224 e. The van der Waals surface area contributed by atoms with Crippen LogP contribution in [0.2, 0.25) is 0 Å². The molecule has 36 heavy (non-hydrogen) atoms. The minimum Gasteiger partial charge on any atom is -0.352 e. The lowest BCUT2D eigenvalue weighted by Gasteiger charge is -2.07. The summed E-state index contributed by atoms with van der Waals surface area (Å²) in [4.78, 5) is 30.4. The molecule has 0 bridgehead atoms. The van der Waals surface area contributed by atoms with Gasteiger partial charge in [-0.1, -0.05) is 19.4 Å². The summed E-state index contributed by atoms with van der Waals surface area (Å²) in [6.07, 6.45) is 9.46. The van der Waals surface area contributed by atoms with Gasteiger partial charge in [0.15, 0.2) is 0 Å². The molecule has 178 valence electrons. The topological polar surface area (TPSA) is 112 Å². The van der Waals surface area contributed by atoms with Crippen LogP contribution in [-0.4, -0.2) is 36.0 Å². The maximum absolute atomic E-state index is 12.2. The van der Waals surface area contributed by atoms with E-state index in [0.29, 0.717) is 12.1 Å². The lowest BCUT2D eigenvalue weighted by molar-refractivity contribution is -0.116. The SMILES string of the molecule is CCCCC(=O)Nc1cncc(-c2ccc3[nH]nc(-c4cc5c(-c6cccs6)cncc5[nH]4)c3n2)c1. The minimum absolute atomic E-state index is 0.00782. The van der Waals surface area contributed by atoms with Gasteiger partial charge < -0.3 is 10.3 Å². The number of anilines is 1. The lowest BCUT2D eigenvalue weighted by Crippen LogP contribution is -2.11. The summed E-state index contributed by atoms with van der Waals surface area (Å²) in [6.45, 7) is 2.07. The molecule has 0 aromatic carbocycles. The first kappa shape index (κ1) is 22.1. The molecule has 8 nitrogen and oxygen atoms in total. The van der Waals surface area contributed by atoms with Crippen molar-refractivity contribution in [1.29, 1.82) is 0 Å². The Bertz CT molecular complexity index is 1680. The zero-order valence-electron chi connectivity index (χ0n) is 19.6. The second-order valence-electron chi connectivity index (χ2n) is 8.59. The van der Waals surface area contributed by atoms with E-state index in [-0.39, 0.29) is 5.91 Å². The van der Waals surface area contributed by atoms with Crippen LogP contribution >= 0.6 is 11.3 Å². The monoisotopic (exact) mass is 493 g/mol. The van der Waals surface area contributed by atoms with Crippen LogP contribution in [0.1, 0.15) is 26.2 Å². The number of hydrogen-bond acceptors (Lipinski definition) is 6. The van der Waals surface area contributed by atoms with Gasteiger partial charge >= 0.3 is 0 Å². The molecule has 6 aromatic heterocycles. The van der Waals surface area contributed by atoms with Gasteiger partial charge in [-0.15, -0.1) is 11.3 Å². The molecular formula is C27H23N7OS. The van der Waals surface area contributed by atoms with E-state index in [1.54, 1.807) is 23.7 Å². The number of amides is 1. The molecule has 0 atom stereocenters. The number of carbonyl (C=O) groups is 1. The Morgan fingerprint density at radius 1 is 1.06 bits per heavy atom. The Labute approximate surface area is 210 Å². The van der Waals surface area contributed by atoms with Gasteiger partial charge in [0.25, 0.3) is 0 Å². The predicted molar refractivity (Wildman–Crippen MR) is 144 cm³/mol. The number of hydrogen-bond donors (Lipinski definition) is 3. The lowest BCUT2D eigenvalue weighted by atomic mass is 10.1. The molecule has 6 heterocycles. The Morgan fingerprint density at radius 2 is 1.97 bits per heavy atom. The summed E-state index contributed by atoms with van der Waals surface area (Å²) in [5.41, 5.74) is 7.44. The van der Waals surface area contributed by atoms with Crippen LogP contribution in [0.25, 0.3) is 55.0 Å². The highest BCUT2D eigenvalue weighted by Crippen LogP contribution is 2.35. The zero-order valence-corrected chi connectivity index (χ0v) is 20.4. The third-order valence-electron chi connectivity index (χ3n) is 6.07. The van der Waals surface area contributed by atoms with E-state index in [1.165, 1.54) is 4.88 Å². The molecule has 6 aromatic rings. The number of unbranched alkanes of at least 4 members (excludes halogenated alkanes) is 1. The van der Waals surface area contributed by atoms with Crippen molar-refractivity contribution in [2.75, 3.05) is 5.32 Å². The van der Waals surface area contributed by atoms with E-state index in [0.717, 1.165) is 63.0 Å². The fourth-order valence-corrected chi connectivity index (χ4v) is 5.01. The van der Waals surface area contributed by atoms with Gasteiger partial charge in [-0.05, 0) is 42.1 Å². The summed E-state index contributed by atoms with van der Waals surface area (Å²) in [6, 6.07) is 12.0. The average molecular weight is 494 g/mol. The number of fused-ring (bicyclic) bond motifs is 2. The van der Waals surface area contributed by atoms with Crippen molar-refractivity contribution in [2.24, 2.45) is 0 Å². The van der Waals surface area contributed by atoms with Crippen molar-refractivity contribution >= 4 is 44.9 Å². The van der Waals surface area contributed by atoms with Crippen LogP contribution in [0.4, 0.5) is 5.69 Å². The molecule has 9 heteroatoms. The van der Waals surface area contributed by atoms with Gasteiger partial charge in [0.2, 0.25) is 5.91 Å². The largest absolute Gasteiger partial charge is 0.352 e. The highest BCUT2D eigenvalue weighted by molar-refractivity contribution is 7.13. The smallest absolute Gasteiger partial charge is 0.224 e. The van der Waals surface area contributed by atoms with Gasteiger partial charge in [0.1, 0.15) is 11.2 Å². The molecule has 0 aliphatic carbocycles. The molecule has 0 aliphatic rings. The Hall–Kier alpha value is -4.37. The zero-order chi connectivity index (χ0) is 24.5. The second-order valence-corrected chi connectivity index (χ2v) is 9.54. The van der Waals surface area contributed by atoms with Crippen molar-refractivity contribution < 1.29 is 4.79 Å². The Kier molecular flexibility index (Phi) is 5.74.